The lowest BCUT2D eigenvalue weighted by Gasteiger charge is -2.07. The van der Waals surface area contributed by atoms with Crippen molar-refractivity contribution in [3.05, 3.63) is 63.3 Å². The minimum atomic E-state index is 0.758. The first-order chi connectivity index (χ1) is 8.25. The molecule has 1 aromatic heterocycles. The maximum Gasteiger partial charge on any atom is 0.0462 e. The van der Waals surface area contributed by atoms with Crippen molar-refractivity contribution in [3.63, 3.8) is 0 Å². The van der Waals surface area contributed by atoms with Gasteiger partial charge in [0.1, 0.15) is 0 Å². The summed E-state index contributed by atoms with van der Waals surface area (Å²) in [7, 11) is 0. The standard InChI is InChI=1S/C13H12BrClN2/c14-12-2-1-11(13(15)7-12)9-17-8-10-3-5-16-6-4-10/h1-7,17H,8-9H2. The van der Waals surface area contributed by atoms with Gasteiger partial charge in [-0.1, -0.05) is 33.6 Å². The van der Waals surface area contributed by atoms with Crippen molar-refractivity contribution in [3.8, 4) is 0 Å². The van der Waals surface area contributed by atoms with E-state index in [1.54, 1.807) is 12.4 Å². The largest absolute Gasteiger partial charge is 0.309 e. The van der Waals surface area contributed by atoms with E-state index in [0.717, 1.165) is 28.1 Å². The van der Waals surface area contributed by atoms with E-state index in [2.05, 4.69) is 26.2 Å². The average molecular weight is 312 g/mol. The molecule has 0 aliphatic rings. The lowest BCUT2D eigenvalue weighted by atomic mass is 10.2. The van der Waals surface area contributed by atoms with Crippen LogP contribution in [0.1, 0.15) is 11.1 Å². The molecule has 4 heteroatoms. The number of hydrogen-bond donors (Lipinski definition) is 1. The topological polar surface area (TPSA) is 24.9 Å². The van der Waals surface area contributed by atoms with E-state index >= 15 is 0 Å². The summed E-state index contributed by atoms with van der Waals surface area (Å²) in [5.41, 5.74) is 2.32. The van der Waals surface area contributed by atoms with Gasteiger partial charge in [-0.2, -0.15) is 0 Å². The summed E-state index contributed by atoms with van der Waals surface area (Å²) in [6, 6.07) is 9.92. The highest BCUT2D eigenvalue weighted by Gasteiger charge is 2.00. The number of halogens is 2. The van der Waals surface area contributed by atoms with E-state index in [1.165, 1.54) is 5.56 Å². The van der Waals surface area contributed by atoms with Crippen LogP contribution < -0.4 is 5.32 Å². The molecular formula is C13H12BrClN2. The van der Waals surface area contributed by atoms with Crippen molar-refractivity contribution in [2.45, 2.75) is 13.1 Å². The SMILES string of the molecule is Clc1cc(Br)ccc1CNCc1ccncc1. The Morgan fingerprint density at radius 2 is 1.88 bits per heavy atom. The summed E-state index contributed by atoms with van der Waals surface area (Å²) in [6.45, 7) is 1.57. The van der Waals surface area contributed by atoms with Crippen LogP contribution in [0.15, 0.2) is 47.2 Å². The quantitative estimate of drug-likeness (QED) is 0.929. The molecule has 0 spiro atoms. The zero-order valence-electron chi connectivity index (χ0n) is 9.16. The Hall–Kier alpha value is -0.900. The first-order valence-corrected chi connectivity index (χ1v) is 6.46. The molecule has 17 heavy (non-hydrogen) atoms. The molecule has 0 amide bonds. The minimum absolute atomic E-state index is 0.758. The Morgan fingerprint density at radius 1 is 1.12 bits per heavy atom. The summed E-state index contributed by atoms with van der Waals surface area (Å²) in [5, 5.41) is 4.13. The molecule has 1 aromatic carbocycles. The fourth-order valence-corrected chi connectivity index (χ4v) is 2.25. The van der Waals surface area contributed by atoms with Crippen molar-refractivity contribution in [1.82, 2.24) is 10.3 Å². The first kappa shape index (κ1) is 12.6. The third-order valence-electron chi connectivity index (χ3n) is 2.41. The summed E-state index contributed by atoms with van der Waals surface area (Å²) < 4.78 is 1.00. The van der Waals surface area contributed by atoms with Gasteiger partial charge >= 0.3 is 0 Å². The summed E-state index contributed by atoms with van der Waals surface area (Å²) in [5.74, 6) is 0. The van der Waals surface area contributed by atoms with Crippen LogP contribution in [0, 0.1) is 0 Å². The Bertz CT molecular complexity index is 488. The molecule has 0 radical (unpaired) electrons. The van der Waals surface area contributed by atoms with Crippen LogP contribution >= 0.6 is 27.5 Å². The molecule has 88 valence electrons. The smallest absolute Gasteiger partial charge is 0.0462 e. The molecule has 0 atom stereocenters. The summed E-state index contributed by atoms with van der Waals surface area (Å²) in [4.78, 5) is 3.98. The number of nitrogens with zero attached hydrogens (tertiary/aromatic N) is 1. The summed E-state index contributed by atoms with van der Waals surface area (Å²) in [6.07, 6.45) is 3.59. The van der Waals surface area contributed by atoms with Gasteiger partial charge in [0, 0.05) is 35.0 Å². The molecule has 2 nitrogen and oxygen atoms in total. The van der Waals surface area contributed by atoms with Crippen molar-refractivity contribution >= 4 is 27.5 Å². The number of hydrogen-bond acceptors (Lipinski definition) is 2. The highest BCUT2D eigenvalue weighted by Crippen LogP contribution is 2.21. The van der Waals surface area contributed by atoms with Gasteiger partial charge in [0.05, 0.1) is 0 Å². The molecule has 2 rings (SSSR count). The van der Waals surface area contributed by atoms with E-state index in [-0.39, 0.29) is 0 Å². The van der Waals surface area contributed by atoms with Gasteiger partial charge in [-0.25, -0.2) is 0 Å². The second kappa shape index (κ2) is 6.15. The van der Waals surface area contributed by atoms with Crippen molar-refractivity contribution in [2.24, 2.45) is 0 Å². The molecule has 0 saturated carbocycles. The van der Waals surface area contributed by atoms with Crippen LogP contribution in [-0.2, 0) is 13.1 Å². The molecule has 1 N–H and O–H groups in total. The molecule has 1 heterocycles. The molecule has 0 aliphatic carbocycles. The third-order valence-corrected chi connectivity index (χ3v) is 3.25. The zero-order chi connectivity index (χ0) is 12.1. The lowest BCUT2D eigenvalue weighted by molar-refractivity contribution is 0.693. The van der Waals surface area contributed by atoms with E-state index in [4.69, 9.17) is 11.6 Å². The number of benzene rings is 1. The predicted molar refractivity (Wildman–Crippen MR) is 73.9 cm³/mol. The molecule has 2 aromatic rings. The van der Waals surface area contributed by atoms with Crippen LogP contribution in [0.3, 0.4) is 0 Å². The fourth-order valence-electron chi connectivity index (χ4n) is 1.51. The van der Waals surface area contributed by atoms with Gasteiger partial charge in [-0.05, 0) is 35.4 Å². The van der Waals surface area contributed by atoms with Crippen molar-refractivity contribution in [2.75, 3.05) is 0 Å². The highest BCUT2D eigenvalue weighted by molar-refractivity contribution is 9.10. The fraction of sp³-hybridized carbons (Fsp3) is 0.154. The molecule has 0 fully saturated rings. The van der Waals surface area contributed by atoms with E-state index < -0.39 is 0 Å². The highest BCUT2D eigenvalue weighted by atomic mass is 79.9. The lowest BCUT2D eigenvalue weighted by Crippen LogP contribution is -2.12. The van der Waals surface area contributed by atoms with Crippen molar-refractivity contribution < 1.29 is 0 Å². The summed E-state index contributed by atoms with van der Waals surface area (Å²) >= 11 is 9.52. The van der Waals surface area contributed by atoms with Gasteiger partial charge in [-0.3, -0.25) is 4.98 Å². The Balaban J connectivity index is 1.90. The third kappa shape index (κ3) is 3.80. The zero-order valence-corrected chi connectivity index (χ0v) is 11.5. The Kier molecular flexibility index (Phi) is 4.54. The molecule has 0 aliphatic heterocycles. The van der Waals surface area contributed by atoms with Gasteiger partial charge in [0.2, 0.25) is 0 Å². The van der Waals surface area contributed by atoms with Crippen molar-refractivity contribution in [1.29, 1.82) is 0 Å². The number of nitrogens with one attached hydrogen (secondary N) is 1. The van der Waals surface area contributed by atoms with Gasteiger partial charge < -0.3 is 5.32 Å². The van der Waals surface area contributed by atoms with Crippen LogP contribution in [0.25, 0.3) is 0 Å². The Labute approximate surface area is 114 Å². The maximum atomic E-state index is 6.13. The average Bonchev–Trinajstić information content (AvgIpc) is 2.33. The monoisotopic (exact) mass is 310 g/mol. The second-order valence-corrected chi connectivity index (χ2v) is 5.02. The number of aromatic nitrogens is 1. The first-order valence-electron chi connectivity index (χ1n) is 5.29. The minimum Gasteiger partial charge on any atom is -0.309 e. The normalized spacial score (nSPS) is 10.5. The Morgan fingerprint density at radius 3 is 2.59 bits per heavy atom. The molecule has 0 saturated heterocycles. The maximum absolute atomic E-state index is 6.13. The van der Waals surface area contributed by atoms with Crippen LogP contribution in [0.2, 0.25) is 5.02 Å². The number of rotatable bonds is 4. The van der Waals surface area contributed by atoms with E-state index in [0.29, 0.717) is 0 Å². The van der Waals surface area contributed by atoms with E-state index in [1.807, 2.05) is 30.3 Å². The van der Waals surface area contributed by atoms with Crippen LogP contribution in [0.4, 0.5) is 0 Å². The van der Waals surface area contributed by atoms with Gasteiger partial charge in [-0.15, -0.1) is 0 Å². The molecule has 0 unspecified atom stereocenters. The molecule has 0 bridgehead atoms. The van der Waals surface area contributed by atoms with Crippen LogP contribution in [0.5, 0.6) is 0 Å². The van der Waals surface area contributed by atoms with E-state index in [9.17, 15) is 0 Å². The van der Waals surface area contributed by atoms with Crippen LogP contribution in [-0.4, -0.2) is 4.98 Å². The van der Waals surface area contributed by atoms with Gasteiger partial charge in [0.15, 0.2) is 0 Å². The number of pyridine rings is 1. The second-order valence-electron chi connectivity index (χ2n) is 3.69. The predicted octanol–water partition coefficient (Wildman–Crippen LogP) is 3.79. The molecular weight excluding hydrogens is 300 g/mol. The van der Waals surface area contributed by atoms with Gasteiger partial charge in [0.25, 0.3) is 0 Å².